The molecule has 3 rings (SSSR count). The predicted molar refractivity (Wildman–Crippen MR) is 126 cm³/mol. The number of carbonyl (C=O) groups is 1. The highest BCUT2D eigenvalue weighted by Gasteiger charge is 2.15. The van der Waals surface area contributed by atoms with Crippen molar-refractivity contribution in [2.45, 2.75) is 13.3 Å². The SMILES string of the molecule is Cc1ccc(O)c(NC(=S)NC(=O)c2cc(Br)ccc2OCCc2ccccc2)c1. The van der Waals surface area contributed by atoms with E-state index in [0.717, 1.165) is 22.0 Å². The van der Waals surface area contributed by atoms with Crippen molar-refractivity contribution in [3.05, 3.63) is 87.9 Å². The zero-order valence-electron chi connectivity index (χ0n) is 16.3. The van der Waals surface area contributed by atoms with Gasteiger partial charge in [0, 0.05) is 10.9 Å². The second-order valence-corrected chi connectivity index (χ2v) is 7.98. The minimum Gasteiger partial charge on any atom is -0.506 e. The molecule has 1 amide bonds. The Morgan fingerprint density at radius 2 is 1.87 bits per heavy atom. The molecule has 0 saturated heterocycles. The summed E-state index contributed by atoms with van der Waals surface area (Å²) in [4.78, 5) is 12.8. The number of thiocarbonyl (C=S) groups is 1. The first-order valence-electron chi connectivity index (χ1n) is 9.30. The Balaban J connectivity index is 1.66. The van der Waals surface area contributed by atoms with Crippen LogP contribution < -0.4 is 15.4 Å². The summed E-state index contributed by atoms with van der Waals surface area (Å²) in [5.74, 6) is 0.105. The van der Waals surface area contributed by atoms with E-state index in [-0.39, 0.29) is 10.9 Å². The highest BCUT2D eigenvalue weighted by Crippen LogP contribution is 2.25. The van der Waals surface area contributed by atoms with Crippen LogP contribution in [0.25, 0.3) is 0 Å². The van der Waals surface area contributed by atoms with Crippen LogP contribution in [0.1, 0.15) is 21.5 Å². The molecule has 0 saturated carbocycles. The first kappa shape index (κ1) is 21.8. The molecule has 0 spiro atoms. The van der Waals surface area contributed by atoms with Gasteiger partial charge in [-0.3, -0.25) is 10.1 Å². The number of ether oxygens (including phenoxy) is 1. The van der Waals surface area contributed by atoms with Crippen LogP contribution in [0, 0.1) is 6.92 Å². The van der Waals surface area contributed by atoms with Gasteiger partial charge >= 0.3 is 0 Å². The van der Waals surface area contributed by atoms with Crippen LogP contribution in [-0.4, -0.2) is 22.7 Å². The maximum atomic E-state index is 12.8. The fourth-order valence-electron chi connectivity index (χ4n) is 2.80. The van der Waals surface area contributed by atoms with Crippen LogP contribution in [0.5, 0.6) is 11.5 Å². The van der Waals surface area contributed by atoms with Gasteiger partial charge in [-0.15, -0.1) is 0 Å². The Morgan fingerprint density at radius 1 is 1.10 bits per heavy atom. The third kappa shape index (κ3) is 6.05. The largest absolute Gasteiger partial charge is 0.506 e. The number of amides is 1. The van der Waals surface area contributed by atoms with E-state index >= 15 is 0 Å². The van der Waals surface area contributed by atoms with Crippen LogP contribution in [0.4, 0.5) is 5.69 Å². The van der Waals surface area contributed by atoms with Crippen molar-refractivity contribution < 1.29 is 14.6 Å². The normalized spacial score (nSPS) is 10.3. The van der Waals surface area contributed by atoms with Gasteiger partial charge in [0.05, 0.1) is 17.9 Å². The Morgan fingerprint density at radius 3 is 2.63 bits per heavy atom. The van der Waals surface area contributed by atoms with Gasteiger partial charge in [0.25, 0.3) is 5.91 Å². The van der Waals surface area contributed by atoms with E-state index < -0.39 is 5.91 Å². The highest BCUT2D eigenvalue weighted by molar-refractivity contribution is 9.10. The quantitative estimate of drug-likeness (QED) is 0.330. The summed E-state index contributed by atoms with van der Waals surface area (Å²) in [6.07, 6.45) is 0.727. The van der Waals surface area contributed by atoms with Crippen LogP contribution in [-0.2, 0) is 6.42 Å². The summed E-state index contributed by atoms with van der Waals surface area (Å²) in [5, 5.41) is 15.5. The van der Waals surface area contributed by atoms with Crippen LogP contribution in [0.2, 0.25) is 0 Å². The summed E-state index contributed by atoms with van der Waals surface area (Å²) in [7, 11) is 0. The standard InChI is InChI=1S/C23H21BrN2O3S/c1-15-7-9-20(27)19(13-15)25-23(30)26-22(28)18-14-17(24)8-10-21(18)29-12-11-16-5-3-2-4-6-16/h2-10,13-14,27H,11-12H2,1H3,(H2,25,26,28,30). The van der Waals surface area contributed by atoms with Gasteiger partial charge in [0.1, 0.15) is 11.5 Å². The van der Waals surface area contributed by atoms with Crippen molar-refractivity contribution in [1.82, 2.24) is 5.32 Å². The minimum absolute atomic E-state index is 0.0459. The monoisotopic (exact) mass is 484 g/mol. The van der Waals surface area contributed by atoms with Crippen LogP contribution in [0.15, 0.2) is 71.2 Å². The Labute approximate surface area is 189 Å². The Bertz CT molecular complexity index is 1060. The maximum Gasteiger partial charge on any atom is 0.261 e. The molecule has 0 bridgehead atoms. The van der Waals surface area contributed by atoms with Gasteiger partial charge in [-0.1, -0.05) is 52.3 Å². The zero-order chi connectivity index (χ0) is 21.5. The number of hydrogen-bond acceptors (Lipinski definition) is 4. The molecule has 0 radical (unpaired) electrons. The van der Waals surface area contributed by atoms with Crippen molar-refractivity contribution in [2.24, 2.45) is 0 Å². The second kappa shape index (κ2) is 10.2. The number of anilines is 1. The van der Waals surface area contributed by atoms with E-state index in [9.17, 15) is 9.90 Å². The Hall–Kier alpha value is -2.90. The fraction of sp³-hybridized carbons (Fsp3) is 0.130. The molecule has 154 valence electrons. The van der Waals surface area contributed by atoms with Gasteiger partial charge < -0.3 is 15.2 Å². The lowest BCUT2D eigenvalue weighted by molar-refractivity contribution is 0.0973. The van der Waals surface area contributed by atoms with Crippen molar-refractivity contribution in [1.29, 1.82) is 0 Å². The maximum absolute atomic E-state index is 12.8. The summed E-state index contributed by atoms with van der Waals surface area (Å²) in [5.41, 5.74) is 2.89. The number of aryl methyl sites for hydroxylation is 1. The van der Waals surface area contributed by atoms with Crippen LogP contribution in [0.3, 0.4) is 0 Å². The smallest absolute Gasteiger partial charge is 0.261 e. The number of hydrogen-bond donors (Lipinski definition) is 3. The van der Waals surface area contributed by atoms with Gasteiger partial charge in [-0.2, -0.15) is 0 Å². The van der Waals surface area contributed by atoms with E-state index in [1.165, 1.54) is 0 Å². The molecule has 7 heteroatoms. The van der Waals surface area contributed by atoms with E-state index in [4.69, 9.17) is 17.0 Å². The Kier molecular flexibility index (Phi) is 7.43. The number of halogens is 1. The van der Waals surface area contributed by atoms with Crippen molar-refractivity contribution in [3.63, 3.8) is 0 Å². The number of phenols is 1. The van der Waals surface area contributed by atoms with Gasteiger partial charge in [-0.05, 0) is 60.6 Å². The number of phenolic OH excluding ortho intramolecular Hbond substituents is 1. The topological polar surface area (TPSA) is 70.6 Å². The van der Waals surface area contributed by atoms with Crippen molar-refractivity contribution in [2.75, 3.05) is 11.9 Å². The van der Waals surface area contributed by atoms with Gasteiger partial charge in [-0.25, -0.2) is 0 Å². The molecule has 3 aromatic rings. The minimum atomic E-state index is -0.407. The lowest BCUT2D eigenvalue weighted by atomic mass is 10.1. The number of aromatic hydroxyl groups is 1. The summed E-state index contributed by atoms with van der Waals surface area (Å²) >= 11 is 8.63. The average molecular weight is 485 g/mol. The summed E-state index contributed by atoms with van der Waals surface area (Å²) in [6, 6.07) is 20.3. The number of rotatable bonds is 6. The van der Waals surface area contributed by atoms with Gasteiger partial charge in [0.15, 0.2) is 5.11 Å². The predicted octanol–water partition coefficient (Wildman–Crippen LogP) is 5.21. The molecule has 0 aromatic heterocycles. The summed E-state index contributed by atoms with van der Waals surface area (Å²) in [6.45, 7) is 2.33. The lowest BCUT2D eigenvalue weighted by Gasteiger charge is -2.14. The van der Waals surface area contributed by atoms with E-state index in [1.54, 1.807) is 30.3 Å². The van der Waals surface area contributed by atoms with Crippen molar-refractivity contribution >= 4 is 44.9 Å². The third-order valence-corrected chi connectivity index (χ3v) is 5.00. The number of nitrogens with one attached hydrogen (secondary N) is 2. The second-order valence-electron chi connectivity index (χ2n) is 6.65. The van der Waals surface area contributed by atoms with E-state index in [0.29, 0.717) is 23.6 Å². The molecule has 0 aliphatic carbocycles. The van der Waals surface area contributed by atoms with Gasteiger partial charge in [0.2, 0.25) is 0 Å². The molecular formula is C23H21BrN2O3S. The van der Waals surface area contributed by atoms with Crippen LogP contribution >= 0.6 is 28.1 Å². The molecule has 0 atom stereocenters. The first-order valence-corrected chi connectivity index (χ1v) is 10.5. The summed E-state index contributed by atoms with van der Waals surface area (Å²) < 4.78 is 6.61. The molecular weight excluding hydrogens is 464 g/mol. The van der Waals surface area contributed by atoms with E-state index in [2.05, 4.69) is 26.6 Å². The molecule has 0 unspecified atom stereocenters. The number of carbonyl (C=O) groups excluding carboxylic acids is 1. The van der Waals surface area contributed by atoms with Crippen molar-refractivity contribution in [3.8, 4) is 11.5 Å². The third-order valence-electron chi connectivity index (χ3n) is 4.30. The molecule has 5 nitrogen and oxygen atoms in total. The van der Waals surface area contributed by atoms with E-state index in [1.807, 2.05) is 43.3 Å². The average Bonchev–Trinajstić information content (AvgIpc) is 2.72. The first-order chi connectivity index (χ1) is 14.4. The molecule has 0 aliphatic heterocycles. The molecule has 30 heavy (non-hydrogen) atoms. The fourth-order valence-corrected chi connectivity index (χ4v) is 3.37. The lowest BCUT2D eigenvalue weighted by Crippen LogP contribution is -2.34. The zero-order valence-corrected chi connectivity index (χ0v) is 18.7. The molecule has 0 heterocycles. The highest BCUT2D eigenvalue weighted by atomic mass is 79.9. The molecule has 3 N–H and O–H groups in total. The molecule has 0 fully saturated rings. The number of benzene rings is 3. The molecule has 3 aromatic carbocycles. The molecule has 0 aliphatic rings.